The van der Waals surface area contributed by atoms with E-state index in [1.165, 1.54) is 17.0 Å². The lowest BCUT2D eigenvalue weighted by molar-refractivity contribution is -0.150. The molecule has 2 rings (SSSR count). The topological polar surface area (TPSA) is 101 Å². The Hall–Kier alpha value is -2.38. The second kappa shape index (κ2) is 5.78. The molecule has 0 aromatic carbocycles. The van der Waals surface area contributed by atoms with Crippen LogP contribution in [0.1, 0.15) is 33.6 Å². The first kappa shape index (κ1) is 16.0. The van der Waals surface area contributed by atoms with E-state index in [-0.39, 0.29) is 0 Å². The van der Waals surface area contributed by atoms with E-state index in [0.29, 0.717) is 24.1 Å². The highest BCUT2D eigenvalue weighted by molar-refractivity contribution is 5.82. The van der Waals surface area contributed by atoms with Crippen molar-refractivity contribution in [2.75, 3.05) is 6.54 Å². The summed E-state index contributed by atoms with van der Waals surface area (Å²) in [6, 6.07) is 1.56. The lowest BCUT2D eigenvalue weighted by Gasteiger charge is -2.27. The van der Waals surface area contributed by atoms with E-state index in [9.17, 15) is 19.8 Å². The molecular weight excluding hydrogens is 292 g/mol. The van der Waals surface area contributed by atoms with Gasteiger partial charge < -0.3 is 19.8 Å². The van der Waals surface area contributed by atoms with Crippen molar-refractivity contribution < 1.29 is 29.4 Å². The second-order valence-corrected chi connectivity index (χ2v) is 6.09. The molecule has 0 bridgehead atoms. The van der Waals surface area contributed by atoms with E-state index in [0.717, 1.165) is 0 Å². The van der Waals surface area contributed by atoms with Crippen LogP contribution < -0.4 is 4.84 Å². The first-order chi connectivity index (χ1) is 10.2. The number of carbonyl (C=O) groups is 2. The fourth-order valence-electron chi connectivity index (χ4n) is 2.20. The predicted molar refractivity (Wildman–Crippen MR) is 75.3 cm³/mol. The Labute approximate surface area is 127 Å². The van der Waals surface area contributed by atoms with Gasteiger partial charge in [0.1, 0.15) is 11.6 Å². The van der Waals surface area contributed by atoms with Gasteiger partial charge in [0.15, 0.2) is 0 Å². The van der Waals surface area contributed by atoms with Crippen LogP contribution in [0.2, 0.25) is 0 Å². The third-order valence-electron chi connectivity index (χ3n) is 3.13. The van der Waals surface area contributed by atoms with Gasteiger partial charge in [0.25, 0.3) is 0 Å². The van der Waals surface area contributed by atoms with Crippen LogP contribution in [-0.2, 0) is 9.53 Å². The molecule has 2 N–H and O–H groups in total. The standard InChI is InChI=1S/C14H20N2O6/c1-14(2,3)21-13(20)15-8-4-5-9(15)12(19)22-16-10(17)6-7-11(16)18/h6-7,9,17-18H,4-5,8H2,1-3H3. The second-order valence-electron chi connectivity index (χ2n) is 6.09. The van der Waals surface area contributed by atoms with Gasteiger partial charge in [0.05, 0.1) is 0 Å². The Morgan fingerprint density at radius 2 is 1.82 bits per heavy atom. The van der Waals surface area contributed by atoms with Gasteiger partial charge in [0, 0.05) is 18.7 Å². The molecule has 1 amide bonds. The number of nitrogens with zero attached hydrogens (tertiary/aromatic N) is 2. The first-order valence-electron chi connectivity index (χ1n) is 7.00. The fraction of sp³-hybridized carbons (Fsp3) is 0.571. The third kappa shape index (κ3) is 3.44. The molecule has 1 aliphatic heterocycles. The Morgan fingerprint density at radius 3 is 2.36 bits per heavy atom. The molecule has 0 aliphatic carbocycles. The number of ether oxygens (including phenoxy) is 1. The average molecular weight is 312 g/mol. The van der Waals surface area contributed by atoms with Crippen LogP contribution >= 0.6 is 0 Å². The number of hydrogen-bond donors (Lipinski definition) is 2. The highest BCUT2D eigenvalue weighted by Crippen LogP contribution is 2.23. The van der Waals surface area contributed by atoms with Gasteiger partial charge in [-0.15, -0.1) is 4.73 Å². The molecule has 22 heavy (non-hydrogen) atoms. The molecule has 1 atom stereocenters. The van der Waals surface area contributed by atoms with Gasteiger partial charge in [-0.2, -0.15) is 0 Å². The number of likely N-dealkylation sites (tertiary alicyclic amines) is 1. The predicted octanol–water partition coefficient (Wildman–Crippen LogP) is 1.25. The van der Waals surface area contributed by atoms with Gasteiger partial charge in [0.2, 0.25) is 11.8 Å². The average Bonchev–Trinajstić information content (AvgIpc) is 2.98. The zero-order chi connectivity index (χ0) is 16.5. The molecule has 0 saturated carbocycles. The van der Waals surface area contributed by atoms with Crippen LogP contribution in [0, 0.1) is 0 Å². The van der Waals surface area contributed by atoms with E-state index < -0.39 is 35.5 Å². The van der Waals surface area contributed by atoms with Crippen molar-refractivity contribution in [2.24, 2.45) is 0 Å². The molecule has 1 aliphatic rings. The lowest BCUT2D eigenvalue weighted by atomic mass is 10.2. The van der Waals surface area contributed by atoms with Gasteiger partial charge in [-0.3, -0.25) is 4.90 Å². The monoisotopic (exact) mass is 312 g/mol. The zero-order valence-corrected chi connectivity index (χ0v) is 12.8. The Kier molecular flexibility index (Phi) is 4.20. The number of amides is 1. The quantitative estimate of drug-likeness (QED) is 0.852. The van der Waals surface area contributed by atoms with Gasteiger partial charge in [-0.25, -0.2) is 9.59 Å². The number of aromatic hydroxyl groups is 2. The smallest absolute Gasteiger partial charge is 0.411 e. The maximum atomic E-state index is 12.2. The summed E-state index contributed by atoms with van der Waals surface area (Å²) in [4.78, 5) is 30.5. The molecule has 8 heteroatoms. The van der Waals surface area contributed by atoms with Crippen LogP contribution in [0.25, 0.3) is 0 Å². The summed E-state index contributed by atoms with van der Waals surface area (Å²) in [7, 11) is 0. The first-order valence-corrected chi connectivity index (χ1v) is 7.00. The highest BCUT2D eigenvalue weighted by atomic mass is 16.7. The maximum Gasteiger partial charge on any atom is 0.411 e. The number of rotatable bonds is 2. The molecule has 1 aromatic heterocycles. The number of hydrogen-bond acceptors (Lipinski definition) is 6. The Morgan fingerprint density at radius 1 is 1.23 bits per heavy atom. The van der Waals surface area contributed by atoms with Crippen molar-refractivity contribution in [3.8, 4) is 11.8 Å². The summed E-state index contributed by atoms with van der Waals surface area (Å²) in [5.41, 5.74) is -0.662. The van der Waals surface area contributed by atoms with Crippen LogP contribution in [0.4, 0.5) is 4.79 Å². The Bertz CT molecular complexity index is 555. The van der Waals surface area contributed by atoms with Crippen LogP contribution in [0.3, 0.4) is 0 Å². The lowest BCUT2D eigenvalue weighted by Crippen LogP contribution is -2.46. The molecule has 1 unspecified atom stereocenters. The summed E-state index contributed by atoms with van der Waals surface area (Å²) in [6.07, 6.45) is 0.483. The van der Waals surface area contributed by atoms with E-state index in [2.05, 4.69) is 0 Å². The zero-order valence-electron chi connectivity index (χ0n) is 12.8. The van der Waals surface area contributed by atoms with Crippen molar-refractivity contribution in [1.82, 2.24) is 9.63 Å². The molecule has 0 radical (unpaired) electrons. The van der Waals surface area contributed by atoms with Crippen molar-refractivity contribution in [1.29, 1.82) is 0 Å². The summed E-state index contributed by atoms with van der Waals surface area (Å²) < 4.78 is 5.86. The van der Waals surface area contributed by atoms with E-state index >= 15 is 0 Å². The summed E-state index contributed by atoms with van der Waals surface area (Å²) >= 11 is 0. The van der Waals surface area contributed by atoms with Crippen LogP contribution in [0.5, 0.6) is 11.8 Å². The van der Waals surface area contributed by atoms with Crippen molar-refractivity contribution in [3.05, 3.63) is 12.1 Å². The summed E-state index contributed by atoms with van der Waals surface area (Å²) in [6.45, 7) is 5.61. The molecule has 1 fully saturated rings. The van der Waals surface area contributed by atoms with Crippen LogP contribution in [-0.4, -0.2) is 50.1 Å². The molecule has 1 saturated heterocycles. The molecule has 1 aromatic rings. The van der Waals surface area contributed by atoms with Gasteiger partial charge >= 0.3 is 12.1 Å². The third-order valence-corrected chi connectivity index (χ3v) is 3.13. The minimum atomic E-state index is -0.809. The molecule has 0 spiro atoms. The van der Waals surface area contributed by atoms with Crippen molar-refractivity contribution in [2.45, 2.75) is 45.3 Å². The maximum absolute atomic E-state index is 12.2. The van der Waals surface area contributed by atoms with Crippen molar-refractivity contribution >= 4 is 12.1 Å². The van der Waals surface area contributed by atoms with Gasteiger partial charge in [-0.05, 0) is 33.6 Å². The highest BCUT2D eigenvalue weighted by Gasteiger charge is 2.38. The van der Waals surface area contributed by atoms with E-state index in [1.807, 2.05) is 0 Å². The molecular formula is C14H20N2O6. The van der Waals surface area contributed by atoms with Crippen LogP contribution in [0.15, 0.2) is 12.1 Å². The van der Waals surface area contributed by atoms with E-state index in [4.69, 9.17) is 9.57 Å². The van der Waals surface area contributed by atoms with Gasteiger partial charge in [-0.1, -0.05) is 0 Å². The fourth-order valence-corrected chi connectivity index (χ4v) is 2.20. The summed E-state index contributed by atoms with van der Waals surface area (Å²) in [5.74, 6) is -1.56. The van der Waals surface area contributed by atoms with Crippen molar-refractivity contribution in [3.63, 3.8) is 0 Å². The minimum absolute atomic E-state index is 0.387. The summed E-state index contributed by atoms with van der Waals surface area (Å²) in [5, 5.41) is 18.9. The Balaban J connectivity index is 2.07. The normalized spacial score (nSPS) is 18.3. The number of aromatic nitrogens is 1. The molecule has 8 nitrogen and oxygen atoms in total. The van der Waals surface area contributed by atoms with E-state index in [1.54, 1.807) is 20.8 Å². The molecule has 122 valence electrons. The minimum Gasteiger partial charge on any atom is -0.492 e. The number of carbonyl (C=O) groups excluding carboxylic acids is 2. The SMILES string of the molecule is CC(C)(C)OC(=O)N1CCCC1C(=O)On1c(O)ccc1O. The largest absolute Gasteiger partial charge is 0.492 e. The molecule has 2 heterocycles.